The molecule has 0 saturated carbocycles. The highest BCUT2D eigenvalue weighted by Gasteiger charge is 2.22. The third-order valence-electron chi connectivity index (χ3n) is 2.38. The lowest BCUT2D eigenvalue weighted by atomic mass is 10.00. The fourth-order valence-corrected chi connectivity index (χ4v) is 1.36. The van der Waals surface area contributed by atoms with Crippen LogP contribution in [-0.4, -0.2) is 11.6 Å². The van der Waals surface area contributed by atoms with Gasteiger partial charge >= 0.3 is 0 Å². The zero-order valence-corrected chi connectivity index (χ0v) is 10.4. The standard InChI is InChI=1S/C12H20N4/c1-4-6-7-11(9-13)15-16-12(3,10-14)8-5-2/h11H,4-8H2,1-3H3. The van der Waals surface area contributed by atoms with Gasteiger partial charge in [-0.25, -0.2) is 0 Å². The Hall–Kier alpha value is -1.42. The van der Waals surface area contributed by atoms with Crippen LogP contribution in [0.5, 0.6) is 0 Å². The Labute approximate surface area is 98.0 Å². The molecule has 4 heteroatoms. The van der Waals surface area contributed by atoms with Crippen LogP contribution in [0.2, 0.25) is 0 Å². The fraction of sp³-hybridized carbons (Fsp3) is 0.833. The van der Waals surface area contributed by atoms with Gasteiger partial charge < -0.3 is 0 Å². The van der Waals surface area contributed by atoms with Crippen LogP contribution in [0.1, 0.15) is 52.9 Å². The zero-order valence-electron chi connectivity index (χ0n) is 10.4. The first kappa shape index (κ1) is 14.6. The Balaban J connectivity index is 4.42. The van der Waals surface area contributed by atoms with Gasteiger partial charge in [-0.15, -0.1) is 0 Å². The van der Waals surface area contributed by atoms with Gasteiger partial charge in [0.2, 0.25) is 0 Å². The van der Waals surface area contributed by atoms with E-state index in [0.717, 1.165) is 25.7 Å². The van der Waals surface area contributed by atoms with Crippen LogP contribution in [0.3, 0.4) is 0 Å². The van der Waals surface area contributed by atoms with Crippen LogP contribution in [0.25, 0.3) is 0 Å². The van der Waals surface area contributed by atoms with Gasteiger partial charge in [-0.3, -0.25) is 0 Å². The number of hydrogen-bond donors (Lipinski definition) is 0. The molecule has 0 aromatic heterocycles. The van der Waals surface area contributed by atoms with Crippen molar-refractivity contribution in [1.82, 2.24) is 0 Å². The highest BCUT2D eigenvalue weighted by Crippen LogP contribution is 2.18. The van der Waals surface area contributed by atoms with E-state index in [1.807, 2.05) is 6.92 Å². The molecular weight excluding hydrogens is 200 g/mol. The first-order valence-electron chi connectivity index (χ1n) is 5.84. The maximum Gasteiger partial charge on any atom is 0.164 e. The Bertz CT molecular complexity index is 297. The zero-order chi connectivity index (χ0) is 12.4. The van der Waals surface area contributed by atoms with Gasteiger partial charge in [0, 0.05) is 0 Å². The summed E-state index contributed by atoms with van der Waals surface area (Å²) in [5.74, 6) is 0. The highest BCUT2D eigenvalue weighted by atomic mass is 15.2. The normalized spacial score (nSPS) is 16.3. The molecule has 16 heavy (non-hydrogen) atoms. The molecule has 88 valence electrons. The van der Waals surface area contributed by atoms with Gasteiger partial charge in [-0.2, -0.15) is 20.8 Å². The van der Waals surface area contributed by atoms with E-state index in [4.69, 9.17) is 10.5 Å². The van der Waals surface area contributed by atoms with E-state index in [0.29, 0.717) is 6.42 Å². The lowest BCUT2D eigenvalue weighted by molar-refractivity contribution is 0.492. The predicted octanol–water partition coefficient (Wildman–Crippen LogP) is 3.60. The van der Waals surface area contributed by atoms with E-state index < -0.39 is 11.6 Å². The number of unbranched alkanes of at least 4 members (excludes halogenated alkanes) is 1. The second-order valence-electron chi connectivity index (χ2n) is 4.14. The van der Waals surface area contributed by atoms with E-state index in [1.54, 1.807) is 6.92 Å². The van der Waals surface area contributed by atoms with Gasteiger partial charge in [0.1, 0.15) is 0 Å². The molecule has 4 nitrogen and oxygen atoms in total. The topological polar surface area (TPSA) is 72.3 Å². The van der Waals surface area contributed by atoms with Gasteiger partial charge in [0.05, 0.1) is 12.1 Å². The van der Waals surface area contributed by atoms with Crippen LogP contribution in [-0.2, 0) is 0 Å². The third kappa shape index (κ3) is 5.46. The van der Waals surface area contributed by atoms with Crippen molar-refractivity contribution >= 4 is 0 Å². The number of nitrogens with zero attached hydrogens (tertiary/aromatic N) is 4. The summed E-state index contributed by atoms with van der Waals surface area (Å²) in [6, 6.07) is 3.85. The van der Waals surface area contributed by atoms with Crippen molar-refractivity contribution in [2.24, 2.45) is 10.2 Å². The Kier molecular flexibility index (Phi) is 7.12. The minimum absolute atomic E-state index is 0.399. The molecule has 0 N–H and O–H groups in total. The molecule has 0 fully saturated rings. The summed E-state index contributed by atoms with van der Waals surface area (Å²) in [4.78, 5) is 0. The predicted molar refractivity (Wildman–Crippen MR) is 62.7 cm³/mol. The molecule has 0 radical (unpaired) electrons. The molecule has 0 spiro atoms. The minimum atomic E-state index is -0.768. The quantitative estimate of drug-likeness (QED) is 0.615. The van der Waals surface area contributed by atoms with Crippen LogP contribution >= 0.6 is 0 Å². The van der Waals surface area contributed by atoms with E-state index in [2.05, 4.69) is 29.3 Å². The number of hydrogen-bond acceptors (Lipinski definition) is 4. The maximum atomic E-state index is 8.99. The lowest BCUT2D eigenvalue weighted by Gasteiger charge is -2.13. The van der Waals surface area contributed by atoms with Crippen molar-refractivity contribution < 1.29 is 0 Å². The first-order chi connectivity index (χ1) is 7.61. The van der Waals surface area contributed by atoms with E-state index >= 15 is 0 Å². The number of rotatable bonds is 7. The van der Waals surface area contributed by atoms with Crippen molar-refractivity contribution in [1.29, 1.82) is 10.5 Å². The summed E-state index contributed by atoms with van der Waals surface area (Å²) >= 11 is 0. The van der Waals surface area contributed by atoms with Crippen LogP contribution in [0.15, 0.2) is 10.2 Å². The monoisotopic (exact) mass is 220 g/mol. The summed E-state index contributed by atoms with van der Waals surface area (Å²) in [6.45, 7) is 5.83. The van der Waals surface area contributed by atoms with E-state index in [1.165, 1.54) is 0 Å². The number of nitriles is 2. The van der Waals surface area contributed by atoms with Crippen LogP contribution < -0.4 is 0 Å². The highest BCUT2D eigenvalue weighted by molar-refractivity contribution is 5.03. The SMILES string of the molecule is CCCCC(C#N)N=NC(C)(C#N)CCC. The van der Waals surface area contributed by atoms with Crippen LogP contribution in [0.4, 0.5) is 0 Å². The summed E-state index contributed by atoms with van der Waals surface area (Å²) in [6.07, 6.45) is 4.30. The van der Waals surface area contributed by atoms with Gasteiger partial charge in [-0.05, 0) is 19.8 Å². The molecule has 0 saturated heterocycles. The summed E-state index contributed by atoms with van der Waals surface area (Å²) in [5, 5.41) is 25.9. The molecular formula is C12H20N4. The van der Waals surface area contributed by atoms with Gasteiger partial charge in [-0.1, -0.05) is 33.1 Å². The smallest absolute Gasteiger partial charge is 0.164 e. The molecule has 0 aliphatic heterocycles. The molecule has 0 aromatic rings. The average molecular weight is 220 g/mol. The molecule has 0 aliphatic rings. The molecule has 2 atom stereocenters. The van der Waals surface area contributed by atoms with Crippen molar-refractivity contribution in [3.05, 3.63) is 0 Å². The Morgan fingerprint density at radius 2 is 1.94 bits per heavy atom. The summed E-state index contributed by atoms with van der Waals surface area (Å²) in [5.41, 5.74) is -0.768. The maximum absolute atomic E-state index is 8.99. The summed E-state index contributed by atoms with van der Waals surface area (Å²) in [7, 11) is 0. The second kappa shape index (κ2) is 7.82. The molecule has 0 bridgehead atoms. The molecule has 0 amide bonds. The minimum Gasteiger partial charge on any atom is -0.196 e. The van der Waals surface area contributed by atoms with Gasteiger partial charge in [0.25, 0.3) is 0 Å². The molecule has 0 aliphatic carbocycles. The Morgan fingerprint density at radius 1 is 1.25 bits per heavy atom. The molecule has 0 rings (SSSR count). The molecule has 0 heterocycles. The van der Waals surface area contributed by atoms with Crippen LogP contribution in [0, 0.1) is 22.7 Å². The first-order valence-corrected chi connectivity index (χ1v) is 5.84. The van der Waals surface area contributed by atoms with Crippen molar-refractivity contribution in [3.63, 3.8) is 0 Å². The van der Waals surface area contributed by atoms with Crippen molar-refractivity contribution in [2.75, 3.05) is 0 Å². The van der Waals surface area contributed by atoms with Crippen molar-refractivity contribution in [3.8, 4) is 12.1 Å². The largest absolute Gasteiger partial charge is 0.196 e. The van der Waals surface area contributed by atoms with Crippen molar-refractivity contribution in [2.45, 2.75) is 64.5 Å². The van der Waals surface area contributed by atoms with Gasteiger partial charge in [0.15, 0.2) is 11.6 Å². The molecule has 2 unspecified atom stereocenters. The molecule has 0 aromatic carbocycles. The third-order valence-corrected chi connectivity index (χ3v) is 2.38. The summed E-state index contributed by atoms with van der Waals surface area (Å²) < 4.78 is 0. The van der Waals surface area contributed by atoms with E-state index in [9.17, 15) is 0 Å². The average Bonchev–Trinajstić information content (AvgIpc) is 2.30. The lowest BCUT2D eigenvalue weighted by Crippen LogP contribution is -2.18. The fourth-order valence-electron chi connectivity index (χ4n) is 1.36. The number of azo groups is 1. The van der Waals surface area contributed by atoms with E-state index in [-0.39, 0.29) is 0 Å². The Morgan fingerprint density at radius 3 is 2.38 bits per heavy atom. The second-order valence-corrected chi connectivity index (χ2v) is 4.14.